The van der Waals surface area contributed by atoms with Crippen molar-refractivity contribution in [1.82, 2.24) is 4.98 Å². The van der Waals surface area contributed by atoms with E-state index in [1.165, 1.54) is 12.1 Å². The maximum Gasteiger partial charge on any atom is 0.288 e. The van der Waals surface area contributed by atoms with Crippen LogP contribution in [0.4, 0.5) is 11.4 Å². The zero-order chi connectivity index (χ0) is 21.4. The van der Waals surface area contributed by atoms with Crippen LogP contribution >= 0.6 is 23.2 Å². The summed E-state index contributed by atoms with van der Waals surface area (Å²) in [5.74, 6) is -0.121. The molecule has 0 saturated heterocycles. The van der Waals surface area contributed by atoms with Crippen molar-refractivity contribution in [2.24, 2.45) is 0 Å². The Hall–Kier alpha value is -3.42. The Bertz CT molecular complexity index is 1320. The Morgan fingerprint density at radius 2 is 1.90 bits per heavy atom. The lowest BCUT2D eigenvalue weighted by Crippen LogP contribution is -2.13. The standard InChI is InChI=1S/C21H13Cl2N3O4/c1-11-2-3-13(21-25-17-10-14(22)5-7-19(17)30-21)8-16(11)24-20(27)12-4-6-15(23)18(9-12)26(28)29/h2-10H,1H3,(H,24,27). The fraction of sp³-hybridized carbons (Fsp3) is 0.0476. The van der Waals surface area contributed by atoms with Crippen LogP contribution in [0.25, 0.3) is 22.6 Å². The largest absolute Gasteiger partial charge is 0.436 e. The molecule has 1 heterocycles. The molecule has 0 bridgehead atoms. The molecule has 0 unspecified atom stereocenters. The molecule has 0 atom stereocenters. The molecule has 0 aliphatic carbocycles. The lowest BCUT2D eigenvalue weighted by Gasteiger charge is -2.10. The molecule has 1 amide bonds. The second-order valence-electron chi connectivity index (χ2n) is 6.54. The molecule has 4 aromatic rings. The van der Waals surface area contributed by atoms with Crippen LogP contribution in [0.1, 0.15) is 15.9 Å². The Morgan fingerprint density at radius 3 is 2.67 bits per heavy atom. The van der Waals surface area contributed by atoms with Crippen LogP contribution in [0, 0.1) is 17.0 Å². The lowest BCUT2D eigenvalue weighted by molar-refractivity contribution is -0.384. The van der Waals surface area contributed by atoms with Crippen LogP contribution in [0.15, 0.2) is 59.0 Å². The number of aromatic nitrogens is 1. The number of nitrogens with zero attached hydrogens (tertiary/aromatic N) is 2. The molecule has 0 aliphatic heterocycles. The monoisotopic (exact) mass is 441 g/mol. The van der Waals surface area contributed by atoms with Crippen molar-refractivity contribution in [2.75, 3.05) is 5.32 Å². The number of benzene rings is 3. The topological polar surface area (TPSA) is 98.3 Å². The van der Waals surface area contributed by atoms with Gasteiger partial charge in [0, 0.05) is 27.9 Å². The van der Waals surface area contributed by atoms with E-state index in [4.69, 9.17) is 27.6 Å². The van der Waals surface area contributed by atoms with E-state index in [1.807, 2.05) is 19.1 Å². The second-order valence-corrected chi connectivity index (χ2v) is 7.38. The Labute approximate surface area is 180 Å². The Balaban J connectivity index is 1.65. The Morgan fingerprint density at radius 1 is 1.10 bits per heavy atom. The fourth-order valence-corrected chi connectivity index (χ4v) is 3.25. The van der Waals surface area contributed by atoms with E-state index in [1.54, 1.807) is 24.3 Å². The molecule has 7 nitrogen and oxygen atoms in total. The quantitative estimate of drug-likeness (QED) is 0.297. The van der Waals surface area contributed by atoms with Gasteiger partial charge in [-0.25, -0.2) is 4.98 Å². The zero-order valence-corrected chi connectivity index (χ0v) is 17.0. The van der Waals surface area contributed by atoms with Gasteiger partial charge in [-0.05, 0) is 55.0 Å². The second kappa shape index (κ2) is 7.78. The van der Waals surface area contributed by atoms with Gasteiger partial charge in [0.1, 0.15) is 10.5 Å². The van der Waals surface area contributed by atoms with E-state index in [2.05, 4.69) is 10.3 Å². The molecule has 30 heavy (non-hydrogen) atoms. The highest BCUT2D eigenvalue weighted by molar-refractivity contribution is 6.32. The average molecular weight is 442 g/mol. The number of carbonyl (C=O) groups is 1. The van der Waals surface area contributed by atoms with Crippen LogP contribution in [0.2, 0.25) is 10.0 Å². The van der Waals surface area contributed by atoms with Crippen LogP contribution in [-0.2, 0) is 0 Å². The number of fused-ring (bicyclic) bond motifs is 1. The number of anilines is 1. The minimum atomic E-state index is -0.634. The predicted octanol–water partition coefficient (Wildman–Crippen LogP) is 6.27. The molecule has 0 saturated carbocycles. The van der Waals surface area contributed by atoms with Gasteiger partial charge in [0.2, 0.25) is 5.89 Å². The van der Waals surface area contributed by atoms with Crippen molar-refractivity contribution >= 4 is 51.6 Å². The smallest absolute Gasteiger partial charge is 0.288 e. The number of nitro benzene ring substituents is 1. The molecule has 0 fully saturated rings. The van der Waals surface area contributed by atoms with Crippen LogP contribution in [0.3, 0.4) is 0 Å². The summed E-state index contributed by atoms with van der Waals surface area (Å²) in [6.07, 6.45) is 0. The maximum atomic E-state index is 12.6. The molecule has 1 N–H and O–H groups in total. The summed E-state index contributed by atoms with van der Waals surface area (Å²) in [5, 5.41) is 14.4. The lowest BCUT2D eigenvalue weighted by atomic mass is 10.1. The van der Waals surface area contributed by atoms with Crippen LogP contribution < -0.4 is 5.32 Å². The summed E-state index contributed by atoms with van der Waals surface area (Å²) in [6, 6.07) is 14.4. The van der Waals surface area contributed by atoms with Crippen molar-refractivity contribution < 1.29 is 14.1 Å². The minimum absolute atomic E-state index is 0.0363. The zero-order valence-electron chi connectivity index (χ0n) is 15.5. The van der Waals surface area contributed by atoms with Crippen molar-refractivity contribution in [2.45, 2.75) is 6.92 Å². The molecule has 0 aliphatic rings. The third-order valence-electron chi connectivity index (χ3n) is 4.49. The molecule has 4 rings (SSSR count). The van der Waals surface area contributed by atoms with Crippen molar-refractivity contribution in [1.29, 1.82) is 0 Å². The summed E-state index contributed by atoms with van der Waals surface area (Å²) >= 11 is 11.8. The third kappa shape index (κ3) is 3.85. The van der Waals surface area contributed by atoms with Gasteiger partial charge in [0.15, 0.2) is 5.58 Å². The molecule has 9 heteroatoms. The summed E-state index contributed by atoms with van der Waals surface area (Å²) < 4.78 is 5.78. The number of oxazole rings is 1. The van der Waals surface area contributed by atoms with E-state index in [-0.39, 0.29) is 16.3 Å². The number of nitro groups is 1. The first-order valence-corrected chi connectivity index (χ1v) is 9.50. The third-order valence-corrected chi connectivity index (χ3v) is 5.04. The van der Waals surface area contributed by atoms with E-state index in [0.29, 0.717) is 33.3 Å². The summed E-state index contributed by atoms with van der Waals surface area (Å²) in [6.45, 7) is 1.83. The average Bonchev–Trinajstić information content (AvgIpc) is 3.12. The van der Waals surface area contributed by atoms with Gasteiger partial charge in [-0.2, -0.15) is 0 Å². The van der Waals surface area contributed by atoms with Crippen molar-refractivity contribution in [3.05, 3.63) is 85.9 Å². The fourth-order valence-electron chi connectivity index (χ4n) is 2.90. The van der Waals surface area contributed by atoms with Crippen molar-refractivity contribution in [3.8, 4) is 11.5 Å². The number of rotatable bonds is 4. The first kappa shape index (κ1) is 19.9. The number of halogens is 2. The van der Waals surface area contributed by atoms with Gasteiger partial charge in [0.25, 0.3) is 11.6 Å². The number of nitrogens with one attached hydrogen (secondary N) is 1. The molecule has 150 valence electrons. The van der Waals surface area contributed by atoms with Gasteiger partial charge in [0.05, 0.1) is 4.92 Å². The SMILES string of the molecule is Cc1ccc(-c2nc3cc(Cl)ccc3o2)cc1NC(=O)c1ccc(Cl)c([N+](=O)[O-])c1. The molecule has 0 spiro atoms. The maximum absolute atomic E-state index is 12.6. The van der Waals surface area contributed by atoms with E-state index in [0.717, 1.165) is 11.6 Å². The number of amides is 1. The molecular formula is C21H13Cl2N3O4. The van der Waals surface area contributed by atoms with Gasteiger partial charge in [-0.15, -0.1) is 0 Å². The van der Waals surface area contributed by atoms with Crippen LogP contribution in [-0.4, -0.2) is 15.8 Å². The highest BCUT2D eigenvalue weighted by Gasteiger charge is 2.17. The van der Waals surface area contributed by atoms with Gasteiger partial charge in [-0.3, -0.25) is 14.9 Å². The normalized spacial score (nSPS) is 10.9. The number of carbonyl (C=O) groups excluding carboxylic acids is 1. The highest BCUT2D eigenvalue weighted by atomic mass is 35.5. The summed E-state index contributed by atoms with van der Waals surface area (Å²) in [4.78, 5) is 27.5. The molecule has 1 aromatic heterocycles. The minimum Gasteiger partial charge on any atom is -0.436 e. The highest BCUT2D eigenvalue weighted by Crippen LogP contribution is 2.30. The number of hydrogen-bond donors (Lipinski definition) is 1. The summed E-state index contributed by atoms with van der Waals surface area (Å²) in [7, 11) is 0. The van der Waals surface area contributed by atoms with Crippen LogP contribution in [0.5, 0.6) is 0 Å². The van der Waals surface area contributed by atoms with Gasteiger partial charge < -0.3 is 9.73 Å². The first-order chi connectivity index (χ1) is 14.3. The summed E-state index contributed by atoms with van der Waals surface area (Å²) in [5.41, 5.74) is 2.98. The van der Waals surface area contributed by atoms with Gasteiger partial charge in [-0.1, -0.05) is 29.3 Å². The predicted molar refractivity (Wildman–Crippen MR) is 115 cm³/mol. The number of hydrogen-bond acceptors (Lipinski definition) is 5. The number of aryl methyl sites for hydroxylation is 1. The molecule has 0 radical (unpaired) electrons. The molecule has 3 aromatic carbocycles. The molecular weight excluding hydrogens is 429 g/mol. The van der Waals surface area contributed by atoms with E-state index in [9.17, 15) is 14.9 Å². The first-order valence-electron chi connectivity index (χ1n) is 8.74. The van der Waals surface area contributed by atoms with E-state index < -0.39 is 10.8 Å². The van der Waals surface area contributed by atoms with E-state index >= 15 is 0 Å². The van der Waals surface area contributed by atoms with Gasteiger partial charge >= 0.3 is 0 Å². The van der Waals surface area contributed by atoms with Crippen molar-refractivity contribution in [3.63, 3.8) is 0 Å². The Kier molecular flexibility index (Phi) is 5.15.